The predicted octanol–water partition coefficient (Wildman–Crippen LogP) is 2.47. The first-order chi connectivity index (χ1) is 8.16. The van der Waals surface area contributed by atoms with Crippen LogP contribution >= 0.6 is 0 Å². The Morgan fingerprint density at radius 1 is 1.18 bits per heavy atom. The molecule has 1 aromatic rings. The Morgan fingerprint density at radius 2 is 1.71 bits per heavy atom. The molecule has 4 aliphatic carbocycles. The zero-order valence-corrected chi connectivity index (χ0v) is 10.5. The maximum absolute atomic E-state index is 6.18. The molecule has 17 heavy (non-hydrogen) atoms. The second-order valence-corrected chi connectivity index (χ2v) is 6.77. The monoisotopic (exact) mass is 231 g/mol. The van der Waals surface area contributed by atoms with E-state index in [0.29, 0.717) is 5.41 Å². The fraction of sp³-hybridized carbons (Fsp3) is 0.786. The molecule has 0 radical (unpaired) electrons. The lowest BCUT2D eigenvalue weighted by Crippen LogP contribution is -2.49. The van der Waals surface area contributed by atoms with E-state index in [1.165, 1.54) is 44.2 Å². The summed E-state index contributed by atoms with van der Waals surface area (Å²) in [6.07, 6.45) is 10.4. The van der Waals surface area contributed by atoms with Crippen molar-refractivity contribution in [3.05, 3.63) is 11.9 Å². The Balaban J connectivity index is 1.82. The molecule has 0 aromatic carbocycles. The van der Waals surface area contributed by atoms with Gasteiger partial charge in [-0.05, 0) is 56.3 Å². The zero-order chi connectivity index (χ0) is 11.6. The third-order valence-electron chi connectivity index (χ3n) is 5.51. The summed E-state index contributed by atoms with van der Waals surface area (Å²) in [4.78, 5) is 0. The van der Waals surface area contributed by atoms with Crippen LogP contribution < -0.4 is 5.73 Å². The summed E-state index contributed by atoms with van der Waals surface area (Å²) in [7, 11) is 2.06. The Bertz CT molecular complexity index is 405. The molecule has 0 spiro atoms. The summed E-state index contributed by atoms with van der Waals surface area (Å²) in [5.41, 5.74) is 8.83. The van der Waals surface area contributed by atoms with Crippen molar-refractivity contribution in [1.82, 2.24) is 9.78 Å². The largest absolute Gasteiger partial charge is 0.396 e. The molecule has 4 aliphatic rings. The minimum absolute atomic E-state index is 0.379. The summed E-state index contributed by atoms with van der Waals surface area (Å²) < 4.78 is 2.04. The maximum Gasteiger partial charge on any atom is 0.0738 e. The van der Waals surface area contributed by atoms with E-state index in [4.69, 9.17) is 5.73 Å². The fourth-order valence-electron chi connectivity index (χ4n) is 5.50. The Labute approximate surface area is 102 Å². The molecule has 1 heterocycles. The SMILES string of the molecule is Cn1ncc(N)c1C12CC3CC(CC(C3)C1)C2. The fourth-order valence-corrected chi connectivity index (χ4v) is 5.50. The number of anilines is 1. The van der Waals surface area contributed by atoms with Gasteiger partial charge in [-0.2, -0.15) is 5.10 Å². The van der Waals surface area contributed by atoms with E-state index in [1.54, 1.807) is 0 Å². The first-order valence-electron chi connectivity index (χ1n) is 6.94. The highest BCUT2D eigenvalue weighted by Crippen LogP contribution is 2.61. The number of nitrogen functional groups attached to an aromatic ring is 1. The quantitative estimate of drug-likeness (QED) is 0.807. The normalized spacial score (nSPS) is 43.2. The van der Waals surface area contributed by atoms with Crippen molar-refractivity contribution in [3.63, 3.8) is 0 Å². The molecule has 4 saturated carbocycles. The molecule has 0 aliphatic heterocycles. The van der Waals surface area contributed by atoms with Gasteiger partial charge in [-0.3, -0.25) is 4.68 Å². The van der Waals surface area contributed by atoms with E-state index < -0.39 is 0 Å². The molecule has 0 unspecified atom stereocenters. The molecule has 1 aromatic heterocycles. The molecule has 3 heteroatoms. The van der Waals surface area contributed by atoms with Crippen LogP contribution in [0.3, 0.4) is 0 Å². The van der Waals surface area contributed by atoms with Crippen molar-refractivity contribution in [1.29, 1.82) is 0 Å². The van der Waals surface area contributed by atoms with Crippen LogP contribution in [-0.4, -0.2) is 9.78 Å². The number of nitrogens with zero attached hydrogens (tertiary/aromatic N) is 2. The number of nitrogens with two attached hydrogens (primary N) is 1. The summed E-state index contributed by atoms with van der Waals surface area (Å²) in [6.45, 7) is 0. The summed E-state index contributed by atoms with van der Waals surface area (Å²) in [5.74, 6) is 2.90. The Hall–Kier alpha value is -0.990. The molecule has 2 N–H and O–H groups in total. The van der Waals surface area contributed by atoms with Gasteiger partial charge in [-0.1, -0.05) is 0 Å². The molecule has 92 valence electrons. The van der Waals surface area contributed by atoms with Crippen molar-refractivity contribution in [3.8, 4) is 0 Å². The van der Waals surface area contributed by atoms with Gasteiger partial charge in [0.2, 0.25) is 0 Å². The number of hydrogen-bond acceptors (Lipinski definition) is 2. The minimum Gasteiger partial charge on any atom is -0.396 e. The highest BCUT2D eigenvalue weighted by atomic mass is 15.3. The smallest absolute Gasteiger partial charge is 0.0738 e. The minimum atomic E-state index is 0.379. The van der Waals surface area contributed by atoms with Crippen LogP contribution in [0.5, 0.6) is 0 Å². The van der Waals surface area contributed by atoms with E-state index in [0.717, 1.165) is 23.4 Å². The van der Waals surface area contributed by atoms with E-state index in [1.807, 2.05) is 10.9 Å². The molecular weight excluding hydrogens is 210 g/mol. The topological polar surface area (TPSA) is 43.8 Å². The molecule has 4 bridgehead atoms. The van der Waals surface area contributed by atoms with E-state index in [9.17, 15) is 0 Å². The van der Waals surface area contributed by atoms with Crippen LogP contribution in [0.1, 0.15) is 44.2 Å². The maximum atomic E-state index is 6.18. The van der Waals surface area contributed by atoms with E-state index in [2.05, 4.69) is 12.1 Å². The highest BCUT2D eigenvalue weighted by Gasteiger charge is 2.53. The van der Waals surface area contributed by atoms with Crippen molar-refractivity contribution < 1.29 is 0 Å². The van der Waals surface area contributed by atoms with Gasteiger partial charge in [-0.15, -0.1) is 0 Å². The van der Waals surface area contributed by atoms with E-state index >= 15 is 0 Å². The van der Waals surface area contributed by atoms with Gasteiger partial charge in [-0.25, -0.2) is 0 Å². The number of rotatable bonds is 1. The lowest BCUT2D eigenvalue weighted by molar-refractivity contribution is -0.00851. The third kappa shape index (κ3) is 1.25. The average molecular weight is 231 g/mol. The predicted molar refractivity (Wildman–Crippen MR) is 67.5 cm³/mol. The first-order valence-corrected chi connectivity index (χ1v) is 6.94. The lowest BCUT2D eigenvalue weighted by Gasteiger charge is -2.56. The number of hydrogen-bond donors (Lipinski definition) is 1. The van der Waals surface area contributed by atoms with Gasteiger partial charge in [0.1, 0.15) is 0 Å². The van der Waals surface area contributed by atoms with Gasteiger partial charge < -0.3 is 5.73 Å². The van der Waals surface area contributed by atoms with Crippen LogP contribution in [0, 0.1) is 17.8 Å². The molecule has 0 amide bonds. The Kier molecular flexibility index (Phi) is 1.80. The average Bonchev–Trinajstić information content (AvgIpc) is 2.56. The van der Waals surface area contributed by atoms with Crippen molar-refractivity contribution >= 4 is 5.69 Å². The van der Waals surface area contributed by atoms with Crippen LogP contribution in [0.15, 0.2) is 6.20 Å². The van der Waals surface area contributed by atoms with Gasteiger partial charge >= 0.3 is 0 Å². The standard InChI is InChI=1S/C14H21N3/c1-17-13(12(15)8-16-17)14-5-9-2-10(6-14)4-11(3-9)7-14/h8-11H,2-7,15H2,1H3. The van der Waals surface area contributed by atoms with Crippen molar-refractivity contribution in [2.24, 2.45) is 24.8 Å². The first kappa shape index (κ1) is 9.98. The summed E-state index contributed by atoms with van der Waals surface area (Å²) in [5, 5.41) is 4.37. The van der Waals surface area contributed by atoms with Crippen molar-refractivity contribution in [2.45, 2.75) is 43.9 Å². The third-order valence-corrected chi connectivity index (χ3v) is 5.51. The molecule has 0 saturated heterocycles. The highest BCUT2D eigenvalue weighted by molar-refractivity contribution is 5.46. The van der Waals surface area contributed by atoms with Crippen LogP contribution in [-0.2, 0) is 12.5 Å². The molecule has 5 rings (SSSR count). The second-order valence-electron chi connectivity index (χ2n) is 6.77. The lowest BCUT2D eigenvalue weighted by atomic mass is 9.48. The molecular formula is C14H21N3. The molecule has 0 atom stereocenters. The molecule has 4 fully saturated rings. The van der Waals surface area contributed by atoms with Gasteiger partial charge in [0, 0.05) is 12.5 Å². The number of aromatic nitrogens is 2. The zero-order valence-electron chi connectivity index (χ0n) is 10.5. The van der Waals surface area contributed by atoms with E-state index in [-0.39, 0.29) is 0 Å². The molecule has 3 nitrogen and oxygen atoms in total. The van der Waals surface area contributed by atoms with Crippen LogP contribution in [0.2, 0.25) is 0 Å². The van der Waals surface area contributed by atoms with Gasteiger partial charge in [0.25, 0.3) is 0 Å². The number of aryl methyl sites for hydroxylation is 1. The van der Waals surface area contributed by atoms with Crippen molar-refractivity contribution in [2.75, 3.05) is 5.73 Å². The van der Waals surface area contributed by atoms with Gasteiger partial charge in [0.05, 0.1) is 17.6 Å². The summed E-state index contributed by atoms with van der Waals surface area (Å²) >= 11 is 0. The van der Waals surface area contributed by atoms with Gasteiger partial charge in [0.15, 0.2) is 0 Å². The van der Waals surface area contributed by atoms with Crippen LogP contribution in [0.25, 0.3) is 0 Å². The second kappa shape index (κ2) is 3.06. The Morgan fingerprint density at radius 3 is 2.12 bits per heavy atom. The summed E-state index contributed by atoms with van der Waals surface area (Å²) in [6, 6.07) is 0. The van der Waals surface area contributed by atoms with Crippen LogP contribution in [0.4, 0.5) is 5.69 Å².